The highest BCUT2D eigenvalue weighted by Crippen LogP contribution is 2.36. The van der Waals surface area contributed by atoms with E-state index >= 15 is 0 Å². The Morgan fingerprint density at radius 1 is 1.35 bits per heavy atom. The van der Waals surface area contributed by atoms with E-state index in [0.29, 0.717) is 48.2 Å². The topological polar surface area (TPSA) is 60.9 Å². The van der Waals surface area contributed by atoms with Gasteiger partial charge < -0.3 is 19.1 Å². The van der Waals surface area contributed by atoms with Crippen molar-refractivity contribution in [3.63, 3.8) is 0 Å². The number of pyridine rings is 1. The summed E-state index contributed by atoms with van der Waals surface area (Å²) in [5.74, 6) is 1.48. The molecule has 0 bridgehead atoms. The predicted molar refractivity (Wildman–Crippen MR) is 99.6 cm³/mol. The molecule has 136 valence electrons. The second-order valence-corrected chi connectivity index (χ2v) is 6.01. The Labute approximate surface area is 153 Å². The number of hydrogen-bond acceptors (Lipinski definition) is 5. The Hall–Kier alpha value is -3.02. The lowest BCUT2D eigenvalue weighted by molar-refractivity contribution is 0.0975. The molecular weight excluding hydrogens is 332 g/mol. The molecule has 0 unspecified atom stereocenters. The first kappa shape index (κ1) is 17.8. The maximum atomic E-state index is 13.2. The maximum absolute atomic E-state index is 13.2. The molecule has 1 aliphatic rings. The van der Waals surface area contributed by atoms with Gasteiger partial charge in [-0.05, 0) is 37.1 Å². The Balaban J connectivity index is 2.05. The summed E-state index contributed by atoms with van der Waals surface area (Å²) in [4.78, 5) is 19.2. The molecule has 3 rings (SSSR count). The lowest BCUT2D eigenvalue weighted by atomic mass is 10.0. The number of fused-ring (bicyclic) bond motifs is 1. The van der Waals surface area contributed by atoms with Crippen LogP contribution >= 0.6 is 0 Å². The number of carbonyl (C=O) groups is 1. The molecule has 0 saturated carbocycles. The molecule has 0 aliphatic carbocycles. The third-order valence-electron chi connectivity index (χ3n) is 4.23. The highest BCUT2D eigenvalue weighted by atomic mass is 16.5. The van der Waals surface area contributed by atoms with Crippen LogP contribution < -0.4 is 19.1 Å². The number of anilines is 1. The molecule has 26 heavy (non-hydrogen) atoms. The van der Waals surface area contributed by atoms with E-state index in [0.717, 1.165) is 11.1 Å². The number of nitrogens with zero attached hydrogens (tertiary/aromatic N) is 2. The Morgan fingerprint density at radius 3 is 2.85 bits per heavy atom. The SMILES string of the molecule is C=CCc1cc(C(=O)N2CCOc3ncc(C)cc32)cc(OC)c1OC. The van der Waals surface area contributed by atoms with Crippen molar-refractivity contribution < 1.29 is 19.0 Å². The molecule has 1 aromatic heterocycles. The van der Waals surface area contributed by atoms with E-state index < -0.39 is 0 Å². The summed E-state index contributed by atoms with van der Waals surface area (Å²) in [6.45, 7) is 6.57. The van der Waals surface area contributed by atoms with Crippen LogP contribution in [0, 0.1) is 6.92 Å². The molecule has 0 spiro atoms. The predicted octanol–water partition coefficient (Wildman–Crippen LogP) is 3.17. The summed E-state index contributed by atoms with van der Waals surface area (Å²) in [6.07, 6.45) is 4.06. The number of benzene rings is 1. The van der Waals surface area contributed by atoms with E-state index in [9.17, 15) is 4.79 Å². The number of methoxy groups -OCH3 is 2. The van der Waals surface area contributed by atoms with E-state index in [2.05, 4.69) is 11.6 Å². The molecule has 1 aliphatic heterocycles. The van der Waals surface area contributed by atoms with Crippen LogP contribution in [0.5, 0.6) is 17.4 Å². The summed E-state index contributed by atoms with van der Waals surface area (Å²) < 4.78 is 16.4. The Morgan fingerprint density at radius 2 is 2.15 bits per heavy atom. The molecule has 0 fully saturated rings. The first-order valence-electron chi connectivity index (χ1n) is 8.36. The van der Waals surface area contributed by atoms with Crippen molar-refractivity contribution in [1.82, 2.24) is 4.98 Å². The van der Waals surface area contributed by atoms with E-state index in [-0.39, 0.29) is 5.91 Å². The number of aryl methyl sites for hydroxylation is 1. The number of rotatable bonds is 5. The largest absolute Gasteiger partial charge is 0.493 e. The number of hydrogen-bond donors (Lipinski definition) is 0. The van der Waals surface area contributed by atoms with Gasteiger partial charge in [0.05, 0.1) is 20.8 Å². The third-order valence-corrected chi connectivity index (χ3v) is 4.23. The average Bonchev–Trinajstić information content (AvgIpc) is 2.66. The quantitative estimate of drug-likeness (QED) is 0.772. The molecule has 2 heterocycles. The van der Waals surface area contributed by atoms with Crippen LogP contribution in [-0.4, -0.2) is 38.3 Å². The number of ether oxygens (including phenoxy) is 3. The Bertz CT molecular complexity index is 848. The molecule has 0 N–H and O–H groups in total. The van der Waals surface area contributed by atoms with Crippen molar-refractivity contribution in [2.45, 2.75) is 13.3 Å². The first-order chi connectivity index (χ1) is 12.6. The lowest BCUT2D eigenvalue weighted by Crippen LogP contribution is -2.38. The van der Waals surface area contributed by atoms with Crippen LogP contribution in [0.25, 0.3) is 0 Å². The third kappa shape index (κ3) is 3.22. The first-order valence-corrected chi connectivity index (χ1v) is 8.36. The van der Waals surface area contributed by atoms with Crippen molar-refractivity contribution in [3.8, 4) is 17.4 Å². The number of aromatic nitrogens is 1. The highest BCUT2D eigenvalue weighted by molar-refractivity contribution is 6.07. The Kier molecular flexibility index (Phi) is 5.11. The molecule has 0 radical (unpaired) electrons. The summed E-state index contributed by atoms with van der Waals surface area (Å²) >= 11 is 0. The van der Waals surface area contributed by atoms with Crippen molar-refractivity contribution >= 4 is 11.6 Å². The zero-order chi connectivity index (χ0) is 18.7. The zero-order valence-corrected chi connectivity index (χ0v) is 15.2. The van der Waals surface area contributed by atoms with Crippen molar-refractivity contribution in [2.75, 3.05) is 32.3 Å². The molecule has 0 atom stereocenters. The minimum absolute atomic E-state index is 0.131. The second kappa shape index (κ2) is 7.47. The van der Waals surface area contributed by atoms with Crippen LogP contribution in [0.2, 0.25) is 0 Å². The maximum Gasteiger partial charge on any atom is 0.258 e. The zero-order valence-electron chi connectivity index (χ0n) is 15.2. The molecule has 6 nitrogen and oxygen atoms in total. The summed E-state index contributed by atoms with van der Waals surface area (Å²) in [7, 11) is 3.14. The van der Waals surface area contributed by atoms with Gasteiger partial charge in [0.2, 0.25) is 5.88 Å². The van der Waals surface area contributed by atoms with Crippen LogP contribution in [0.4, 0.5) is 5.69 Å². The van der Waals surface area contributed by atoms with E-state index in [1.54, 1.807) is 37.5 Å². The molecular formula is C20H22N2O4. The summed E-state index contributed by atoms with van der Waals surface area (Å²) in [5.41, 5.74) is 3.02. The fourth-order valence-corrected chi connectivity index (χ4v) is 3.04. The molecule has 1 amide bonds. The normalized spacial score (nSPS) is 12.8. The lowest BCUT2D eigenvalue weighted by Gasteiger charge is -2.29. The number of carbonyl (C=O) groups excluding carboxylic acids is 1. The van der Waals surface area contributed by atoms with E-state index in [1.165, 1.54) is 0 Å². The minimum atomic E-state index is -0.131. The van der Waals surface area contributed by atoms with Crippen molar-refractivity contribution in [1.29, 1.82) is 0 Å². The van der Waals surface area contributed by atoms with Gasteiger partial charge in [0.25, 0.3) is 5.91 Å². The van der Waals surface area contributed by atoms with Gasteiger partial charge in [-0.25, -0.2) is 4.98 Å². The molecule has 0 saturated heterocycles. The summed E-state index contributed by atoms with van der Waals surface area (Å²) in [5, 5.41) is 0. The fraction of sp³-hybridized carbons (Fsp3) is 0.300. The standard InChI is InChI=1S/C20H22N2O4/c1-5-6-14-10-15(11-17(24-3)18(14)25-4)20(23)22-7-8-26-19-16(22)9-13(2)12-21-19/h5,9-12H,1,6-8H2,2-4H3. The molecule has 2 aromatic rings. The fourth-order valence-electron chi connectivity index (χ4n) is 3.04. The van der Waals surface area contributed by atoms with Crippen molar-refractivity contribution in [2.24, 2.45) is 0 Å². The number of allylic oxidation sites excluding steroid dienone is 1. The number of amides is 1. The van der Waals surface area contributed by atoms with Gasteiger partial charge in [-0.15, -0.1) is 6.58 Å². The van der Waals surface area contributed by atoms with Gasteiger partial charge in [-0.3, -0.25) is 4.79 Å². The smallest absolute Gasteiger partial charge is 0.258 e. The minimum Gasteiger partial charge on any atom is -0.493 e. The average molecular weight is 354 g/mol. The van der Waals surface area contributed by atoms with Gasteiger partial charge in [0.1, 0.15) is 12.3 Å². The van der Waals surface area contributed by atoms with Crippen molar-refractivity contribution in [3.05, 3.63) is 53.7 Å². The highest BCUT2D eigenvalue weighted by Gasteiger charge is 2.27. The van der Waals surface area contributed by atoms with E-state index in [4.69, 9.17) is 14.2 Å². The molecule has 1 aromatic carbocycles. The monoisotopic (exact) mass is 354 g/mol. The van der Waals surface area contributed by atoms with Crippen LogP contribution in [0.1, 0.15) is 21.5 Å². The van der Waals surface area contributed by atoms with Gasteiger partial charge >= 0.3 is 0 Å². The van der Waals surface area contributed by atoms with Gasteiger partial charge in [0.15, 0.2) is 11.5 Å². The van der Waals surface area contributed by atoms with E-state index in [1.807, 2.05) is 19.1 Å². The summed E-state index contributed by atoms with van der Waals surface area (Å²) in [6, 6.07) is 5.43. The van der Waals surface area contributed by atoms with Gasteiger partial charge in [-0.2, -0.15) is 0 Å². The van der Waals surface area contributed by atoms with Gasteiger partial charge in [-0.1, -0.05) is 6.08 Å². The molecule has 6 heteroatoms. The van der Waals surface area contributed by atoms with Crippen LogP contribution in [0.15, 0.2) is 37.1 Å². The second-order valence-electron chi connectivity index (χ2n) is 6.01. The van der Waals surface area contributed by atoms with Crippen LogP contribution in [-0.2, 0) is 6.42 Å². The van der Waals surface area contributed by atoms with Gasteiger partial charge in [0, 0.05) is 17.3 Å². The van der Waals surface area contributed by atoms with Crippen LogP contribution in [0.3, 0.4) is 0 Å².